The Balaban J connectivity index is 1.59. The SMILES string of the molecule is COc1cc(OC)cc(C(=O)Nc2nc(CC(=O)Nc3ccc(C(C)C)cc3)cs2)c1. The minimum Gasteiger partial charge on any atom is -0.497 e. The highest BCUT2D eigenvalue weighted by molar-refractivity contribution is 7.14. The normalized spacial score (nSPS) is 10.6. The van der Waals surface area contributed by atoms with E-state index < -0.39 is 0 Å². The lowest BCUT2D eigenvalue weighted by molar-refractivity contribution is -0.115. The minimum absolute atomic E-state index is 0.116. The van der Waals surface area contributed by atoms with Gasteiger partial charge in [-0.15, -0.1) is 11.3 Å². The fourth-order valence-corrected chi connectivity index (χ4v) is 3.58. The average molecular weight is 440 g/mol. The van der Waals surface area contributed by atoms with E-state index in [1.807, 2.05) is 24.3 Å². The van der Waals surface area contributed by atoms with Crippen LogP contribution in [0.4, 0.5) is 10.8 Å². The Morgan fingerprint density at radius 1 is 1.00 bits per heavy atom. The van der Waals surface area contributed by atoms with Gasteiger partial charge in [-0.25, -0.2) is 4.98 Å². The monoisotopic (exact) mass is 439 g/mol. The standard InChI is InChI=1S/C23H25N3O4S/c1-14(2)15-5-7-17(8-6-15)24-21(27)11-18-13-31-23(25-18)26-22(28)16-9-19(29-3)12-20(10-16)30-4/h5-10,12-14H,11H2,1-4H3,(H,24,27)(H,25,26,28). The second-order valence-electron chi connectivity index (χ2n) is 7.20. The number of methoxy groups -OCH3 is 2. The average Bonchev–Trinajstić information content (AvgIpc) is 3.19. The van der Waals surface area contributed by atoms with E-state index in [4.69, 9.17) is 9.47 Å². The van der Waals surface area contributed by atoms with E-state index in [1.54, 1.807) is 23.6 Å². The van der Waals surface area contributed by atoms with Crippen LogP contribution in [0, 0.1) is 0 Å². The van der Waals surface area contributed by atoms with E-state index in [2.05, 4.69) is 29.5 Å². The molecule has 3 rings (SSSR count). The lowest BCUT2D eigenvalue weighted by atomic mass is 10.0. The van der Waals surface area contributed by atoms with Crippen molar-refractivity contribution in [2.75, 3.05) is 24.9 Å². The van der Waals surface area contributed by atoms with E-state index in [9.17, 15) is 9.59 Å². The summed E-state index contributed by atoms with van der Waals surface area (Å²) in [6, 6.07) is 12.7. The van der Waals surface area contributed by atoms with Crippen LogP contribution in [0.2, 0.25) is 0 Å². The second-order valence-corrected chi connectivity index (χ2v) is 8.06. The number of hydrogen-bond donors (Lipinski definition) is 2. The molecular weight excluding hydrogens is 414 g/mol. The summed E-state index contributed by atoms with van der Waals surface area (Å²) in [5, 5.41) is 7.78. The first-order chi connectivity index (χ1) is 14.9. The van der Waals surface area contributed by atoms with Crippen molar-refractivity contribution in [2.24, 2.45) is 0 Å². The van der Waals surface area contributed by atoms with E-state index >= 15 is 0 Å². The quantitative estimate of drug-likeness (QED) is 0.530. The van der Waals surface area contributed by atoms with Gasteiger partial charge >= 0.3 is 0 Å². The number of anilines is 2. The number of nitrogens with one attached hydrogen (secondary N) is 2. The lowest BCUT2D eigenvalue weighted by Crippen LogP contribution is -2.15. The highest BCUT2D eigenvalue weighted by atomic mass is 32.1. The van der Waals surface area contributed by atoms with Gasteiger partial charge in [-0.05, 0) is 35.7 Å². The third kappa shape index (κ3) is 6.05. The van der Waals surface area contributed by atoms with Crippen LogP contribution < -0.4 is 20.1 Å². The van der Waals surface area contributed by atoms with E-state index in [-0.39, 0.29) is 18.2 Å². The molecule has 3 aromatic rings. The molecule has 7 nitrogen and oxygen atoms in total. The van der Waals surface area contributed by atoms with Gasteiger partial charge in [-0.3, -0.25) is 14.9 Å². The van der Waals surface area contributed by atoms with Crippen LogP contribution in [-0.4, -0.2) is 31.0 Å². The van der Waals surface area contributed by atoms with Crippen LogP contribution in [0.3, 0.4) is 0 Å². The molecule has 0 saturated carbocycles. The first kappa shape index (κ1) is 22.3. The molecule has 31 heavy (non-hydrogen) atoms. The van der Waals surface area contributed by atoms with Crippen molar-refractivity contribution in [3.05, 3.63) is 64.7 Å². The number of thiazole rings is 1. The van der Waals surface area contributed by atoms with Gasteiger partial charge < -0.3 is 14.8 Å². The Kier molecular flexibility index (Phi) is 7.25. The molecule has 162 valence electrons. The Labute approximate surface area is 185 Å². The number of ether oxygens (including phenoxy) is 2. The minimum atomic E-state index is -0.340. The van der Waals surface area contributed by atoms with Gasteiger partial charge in [0.15, 0.2) is 5.13 Å². The third-order valence-electron chi connectivity index (χ3n) is 4.59. The molecule has 0 unspecified atom stereocenters. The number of rotatable bonds is 8. The van der Waals surface area contributed by atoms with E-state index in [0.717, 1.165) is 5.69 Å². The Morgan fingerprint density at radius 3 is 2.23 bits per heavy atom. The summed E-state index contributed by atoms with van der Waals surface area (Å²) in [6.45, 7) is 4.24. The summed E-state index contributed by atoms with van der Waals surface area (Å²) in [7, 11) is 3.04. The van der Waals surface area contributed by atoms with E-state index in [1.165, 1.54) is 31.1 Å². The summed E-state index contributed by atoms with van der Waals surface area (Å²) < 4.78 is 10.4. The summed E-state index contributed by atoms with van der Waals surface area (Å²) >= 11 is 1.26. The maximum Gasteiger partial charge on any atom is 0.257 e. The zero-order valence-corrected chi connectivity index (χ0v) is 18.7. The Bertz CT molecular complexity index is 1040. The van der Waals surface area contributed by atoms with Gasteiger partial charge in [0.25, 0.3) is 5.91 Å². The predicted octanol–water partition coefficient (Wildman–Crippen LogP) is 4.72. The molecular formula is C23H25N3O4S. The summed E-state index contributed by atoms with van der Waals surface area (Å²) in [5.41, 5.74) is 2.92. The highest BCUT2D eigenvalue weighted by Gasteiger charge is 2.14. The van der Waals surface area contributed by atoms with Crippen molar-refractivity contribution in [3.8, 4) is 11.5 Å². The summed E-state index contributed by atoms with van der Waals surface area (Å²) in [4.78, 5) is 29.2. The molecule has 0 spiro atoms. The molecule has 2 N–H and O–H groups in total. The van der Waals surface area contributed by atoms with Crippen LogP contribution in [-0.2, 0) is 11.2 Å². The molecule has 0 radical (unpaired) electrons. The van der Waals surface area contributed by atoms with Crippen molar-refractivity contribution in [1.29, 1.82) is 0 Å². The smallest absolute Gasteiger partial charge is 0.257 e. The Morgan fingerprint density at radius 2 is 1.65 bits per heavy atom. The van der Waals surface area contributed by atoms with Crippen molar-refractivity contribution in [1.82, 2.24) is 4.98 Å². The molecule has 0 aliphatic rings. The first-order valence-corrected chi connectivity index (χ1v) is 10.6. The topological polar surface area (TPSA) is 89.6 Å². The van der Waals surface area contributed by atoms with Gasteiger partial charge in [0.1, 0.15) is 11.5 Å². The molecule has 0 aliphatic heterocycles. The number of carbonyl (C=O) groups is 2. The molecule has 8 heteroatoms. The van der Waals surface area contributed by atoms with Gasteiger partial charge in [-0.1, -0.05) is 26.0 Å². The first-order valence-electron chi connectivity index (χ1n) is 9.76. The van der Waals surface area contributed by atoms with Gasteiger partial charge in [0.05, 0.1) is 26.3 Å². The van der Waals surface area contributed by atoms with Crippen molar-refractivity contribution in [3.63, 3.8) is 0 Å². The fraction of sp³-hybridized carbons (Fsp3) is 0.261. The summed E-state index contributed by atoms with van der Waals surface area (Å²) in [6.07, 6.45) is 0.116. The number of nitrogens with zero attached hydrogens (tertiary/aromatic N) is 1. The van der Waals surface area contributed by atoms with Crippen molar-refractivity contribution < 1.29 is 19.1 Å². The van der Waals surface area contributed by atoms with Crippen molar-refractivity contribution in [2.45, 2.75) is 26.2 Å². The number of carbonyl (C=O) groups excluding carboxylic acids is 2. The maximum absolute atomic E-state index is 12.6. The highest BCUT2D eigenvalue weighted by Crippen LogP contribution is 2.24. The van der Waals surface area contributed by atoms with Gasteiger partial charge in [0.2, 0.25) is 5.91 Å². The zero-order valence-electron chi connectivity index (χ0n) is 17.9. The third-order valence-corrected chi connectivity index (χ3v) is 5.40. The molecule has 2 amide bonds. The zero-order chi connectivity index (χ0) is 22.4. The number of benzene rings is 2. The van der Waals surface area contributed by atoms with Crippen LogP contribution in [0.15, 0.2) is 47.8 Å². The summed E-state index contributed by atoms with van der Waals surface area (Å²) in [5.74, 6) is 0.960. The second kappa shape index (κ2) is 10.1. The van der Waals surface area contributed by atoms with Gasteiger partial charge in [0, 0.05) is 22.7 Å². The van der Waals surface area contributed by atoms with Gasteiger partial charge in [-0.2, -0.15) is 0 Å². The number of aromatic nitrogens is 1. The van der Waals surface area contributed by atoms with E-state index in [0.29, 0.717) is 33.8 Å². The maximum atomic E-state index is 12.6. The lowest BCUT2D eigenvalue weighted by Gasteiger charge is -2.08. The van der Waals surface area contributed by atoms with Crippen LogP contribution in [0.1, 0.15) is 41.4 Å². The van der Waals surface area contributed by atoms with Crippen LogP contribution in [0.25, 0.3) is 0 Å². The Hall–Kier alpha value is -3.39. The van der Waals surface area contributed by atoms with Crippen LogP contribution in [0.5, 0.6) is 11.5 Å². The van der Waals surface area contributed by atoms with Crippen molar-refractivity contribution >= 4 is 34.0 Å². The number of hydrogen-bond acceptors (Lipinski definition) is 6. The predicted molar refractivity (Wildman–Crippen MR) is 122 cm³/mol. The molecule has 0 bridgehead atoms. The van der Waals surface area contributed by atoms with Crippen LogP contribution >= 0.6 is 11.3 Å². The molecule has 0 atom stereocenters. The molecule has 0 saturated heterocycles. The molecule has 0 fully saturated rings. The fourth-order valence-electron chi connectivity index (χ4n) is 2.87. The molecule has 0 aliphatic carbocycles. The molecule has 1 aromatic heterocycles. The number of amides is 2. The largest absolute Gasteiger partial charge is 0.497 e. The molecule has 2 aromatic carbocycles. The molecule has 1 heterocycles.